The minimum Gasteiger partial charge on any atom is -0.496 e. The number of imidazole rings is 1. The predicted molar refractivity (Wildman–Crippen MR) is 119 cm³/mol. The maximum absolute atomic E-state index is 13.4. The first-order valence-corrected chi connectivity index (χ1v) is 11.8. The first-order valence-electron chi connectivity index (χ1n) is 9.33. The van der Waals surface area contributed by atoms with Crippen LogP contribution in [-0.2, 0) is 15.8 Å². The largest absolute Gasteiger partial charge is 0.496 e. The van der Waals surface area contributed by atoms with E-state index in [0.717, 1.165) is 22.6 Å². The number of benzene rings is 2. The van der Waals surface area contributed by atoms with Gasteiger partial charge in [0.15, 0.2) is 5.16 Å². The highest BCUT2D eigenvalue weighted by Crippen LogP contribution is 2.32. The molecule has 0 spiro atoms. The Morgan fingerprint density at radius 1 is 1.03 bits per heavy atom. The van der Waals surface area contributed by atoms with Crippen molar-refractivity contribution in [1.29, 1.82) is 0 Å². The molecule has 0 aliphatic rings. The summed E-state index contributed by atoms with van der Waals surface area (Å²) in [5.74, 6) is 1.27. The molecule has 0 unspecified atom stereocenters. The van der Waals surface area contributed by atoms with E-state index in [1.165, 1.54) is 15.7 Å². The van der Waals surface area contributed by atoms with Gasteiger partial charge in [-0.2, -0.15) is 0 Å². The SMILES string of the molecule is COc1c(C)cnc(CSc2nc3ccccc3n2S(=O)(=O)c2ccccc2)c1C. The van der Waals surface area contributed by atoms with Crippen molar-refractivity contribution in [3.63, 3.8) is 0 Å². The van der Waals surface area contributed by atoms with Crippen LogP contribution < -0.4 is 4.74 Å². The quantitative estimate of drug-likeness (QED) is 0.409. The number of fused-ring (bicyclic) bond motifs is 1. The normalized spacial score (nSPS) is 11.7. The van der Waals surface area contributed by atoms with Crippen LogP contribution in [0.1, 0.15) is 16.8 Å². The van der Waals surface area contributed by atoms with E-state index < -0.39 is 10.0 Å². The van der Waals surface area contributed by atoms with Crippen LogP contribution in [0.15, 0.2) is 70.8 Å². The molecule has 4 rings (SSSR count). The van der Waals surface area contributed by atoms with Crippen LogP contribution in [-0.4, -0.2) is 29.5 Å². The van der Waals surface area contributed by atoms with E-state index in [-0.39, 0.29) is 4.90 Å². The number of methoxy groups -OCH3 is 1. The molecule has 0 radical (unpaired) electrons. The van der Waals surface area contributed by atoms with Crippen molar-refractivity contribution < 1.29 is 13.2 Å². The first-order chi connectivity index (χ1) is 14.4. The van der Waals surface area contributed by atoms with Crippen molar-refractivity contribution in [2.45, 2.75) is 29.7 Å². The third-order valence-electron chi connectivity index (χ3n) is 4.86. The molecular weight excluding hydrogens is 418 g/mol. The molecule has 154 valence electrons. The molecule has 2 heterocycles. The summed E-state index contributed by atoms with van der Waals surface area (Å²) in [6.45, 7) is 3.90. The lowest BCUT2D eigenvalue weighted by molar-refractivity contribution is 0.407. The van der Waals surface area contributed by atoms with Gasteiger partial charge in [-0.1, -0.05) is 42.1 Å². The number of aromatic nitrogens is 3. The summed E-state index contributed by atoms with van der Waals surface area (Å²) >= 11 is 1.34. The summed E-state index contributed by atoms with van der Waals surface area (Å²) < 4.78 is 33.7. The van der Waals surface area contributed by atoms with Crippen LogP contribution in [0.3, 0.4) is 0 Å². The van der Waals surface area contributed by atoms with E-state index in [2.05, 4.69) is 9.97 Å². The highest BCUT2D eigenvalue weighted by molar-refractivity contribution is 7.99. The van der Waals surface area contributed by atoms with Crippen LogP contribution in [0.25, 0.3) is 11.0 Å². The fourth-order valence-corrected chi connectivity index (χ4v) is 6.11. The fourth-order valence-electron chi connectivity index (χ4n) is 3.35. The van der Waals surface area contributed by atoms with E-state index in [4.69, 9.17) is 4.74 Å². The zero-order valence-electron chi connectivity index (χ0n) is 16.9. The van der Waals surface area contributed by atoms with Crippen molar-refractivity contribution in [2.75, 3.05) is 7.11 Å². The van der Waals surface area contributed by atoms with Gasteiger partial charge in [0, 0.05) is 23.1 Å². The van der Waals surface area contributed by atoms with Gasteiger partial charge >= 0.3 is 0 Å². The fraction of sp³-hybridized carbons (Fsp3) is 0.182. The number of rotatable bonds is 6. The number of pyridine rings is 1. The highest BCUT2D eigenvalue weighted by Gasteiger charge is 2.24. The molecule has 0 saturated heterocycles. The number of thioether (sulfide) groups is 1. The Bertz CT molecular complexity index is 1320. The van der Waals surface area contributed by atoms with Gasteiger partial charge in [-0.05, 0) is 38.1 Å². The monoisotopic (exact) mass is 439 g/mol. The average molecular weight is 440 g/mol. The Morgan fingerprint density at radius 3 is 2.47 bits per heavy atom. The zero-order valence-corrected chi connectivity index (χ0v) is 18.5. The Balaban J connectivity index is 1.79. The molecule has 30 heavy (non-hydrogen) atoms. The molecule has 0 saturated carbocycles. The number of aryl methyl sites for hydroxylation is 1. The van der Waals surface area contributed by atoms with Crippen LogP contribution in [0.4, 0.5) is 0 Å². The number of para-hydroxylation sites is 2. The Labute approximate surface area is 180 Å². The van der Waals surface area contributed by atoms with Gasteiger partial charge in [-0.25, -0.2) is 17.4 Å². The summed E-state index contributed by atoms with van der Waals surface area (Å²) in [6, 6.07) is 15.6. The van der Waals surface area contributed by atoms with E-state index in [0.29, 0.717) is 21.9 Å². The molecule has 2 aromatic carbocycles. The summed E-state index contributed by atoms with van der Waals surface area (Å²) in [7, 11) is -2.16. The zero-order chi connectivity index (χ0) is 21.3. The average Bonchev–Trinajstić information content (AvgIpc) is 3.13. The second-order valence-electron chi connectivity index (χ2n) is 6.80. The van der Waals surface area contributed by atoms with Crippen molar-refractivity contribution in [3.05, 3.63) is 77.6 Å². The smallest absolute Gasteiger partial charge is 0.270 e. The van der Waals surface area contributed by atoms with E-state index in [1.807, 2.05) is 32.0 Å². The molecule has 4 aromatic rings. The number of hydrogen-bond donors (Lipinski definition) is 0. The molecule has 8 heteroatoms. The number of nitrogens with zero attached hydrogens (tertiary/aromatic N) is 3. The van der Waals surface area contributed by atoms with Gasteiger partial charge in [0.05, 0.1) is 28.7 Å². The van der Waals surface area contributed by atoms with E-state index in [1.54, 1.807) is 49.7 Å². The molecule has 0 atom stereocenters. The molecule has 2 aromatic heterocycles. The van der Waals surface area contributed by atoms with Crippen LogP contribution in [0.5, 0.6) is 5.75 Å². The molecular formula is C22H21N3O3S2. The highest BCUT2D eigenvalue weighted by atomic mass is 32.2. The Hall–Kier alpha value is -2.84. The van der Waals surface area contributed by atoms with Gasteiger partial charge in [0.1, 0.15) is 5.75 Å². The van der Waals surface area contributed by atoms with Crippen LogP contribution >= 0.6 is 11.8 Å². The second kappa shape index (κ2) is 8.12. The summed E-state index contributed by atoms with van der Waals surface area (Å²) in [4.78, 5) is 9.34. The van der Waals surface area contributed by atoms with E-state index >= 15 is 0 Å². The Kier molecular flexibility index (Phi) is 5.53. The molecule has 0 bridgehead atoms. The standard InChI is InChI=1S/C22H21N3O3S2/c1-15-13-23-19(16(2)21(15)28-3)14-29-22-24-18-11-7-8-12-20(18)25(22)30(26,27)17-9-5-4-6-10-17/h4-13H,14H2,1-3H3. The van der Waals surface area contributed by atoms with Gasteiger partial charge < -0.3 is 4.74 Å². The molecule has 0 fully saturated rings. The van der Waals surface area contributed by atoms with Crippen molar-refractivity contribution in [3.8, 4) is 5.75 Å². The number of hydrogen-bond acceptors (Lipinski definition) is 6. The molecule has 0 aliphatic carbocycles. The molecule has 0 amide bonds. The third kappa shape index (κ3) is 3.57. The molecule has 0 N–H and O–H groups in total. The summed E-state index contributed by atoms with van der Waals surface area (Å²) in [5.41, 5.74) is 3.92. The lowest BCUT2D eigenvalue weighted by Gasteiger charge is -2.13. The van der Waals surface area contributed by atoms with Crippen molar-refractivity contribution >= 4 is 32.8 Å². The van der Waals surface area contributed by atoms with Crippen LogP contribution in [0.2, 0.25) is 0 Å². The minimum absolute atomic E-state index is 0.223. The predicted octanol–water partition coefficient (Wildman–Crippen LogP) is 4.59. The minimum atomic E-state index is -3.80. The summed E-state index contributed by atoms with van der Waals surface area (Å²) in [5, 5.41) is 0.404. The molecule has 6 nitrogen and oxygen atoms in total. The second-order valence-corrected chi connectivity index (χ2v) is 9.53. The summed E-state index contributed by atoms with van der Waals surface area (Å²) in [6.07, 6.45) is 1.77. The topological polar surface area (TPSA) is 74.1 Å². The number of ether oxygens (including phenoxy) is 1. The Morgan fingerprint density at radius 2 is 1.73 bits per heavy atom. The maximum Gasteiger partial charge on any atom is 0.270 e. The van der Waals surface area contributed by atoms with Crippen molar-refractivity contribution in [2.24, 2.45) is 0 Å². The first kappa shape index (κ1) is 20.4. The van der Waals surface area contributed by atoms with Gasteiger partial charge in [0.25, 0.3) is 10.0 Å². The maximum atomic E-state index is 13.4. The van der Waals surface area contributed by atoms with Gasteiger partial charge in [-0.3, -0.25) is 4.98 Å². The van der Waals surface area contributed by atoms with Gasteiger partial charge in [-0.15, -0.1) is 0 Å². The van der Waals surface area contributed by atoms with Crippen molar-refractivity contribution in [1.82, 2.24) is 13.9 Å². The lowest BCUT2D eigenvalue weighted by Crippen LogP contribution is -2.14. The van der Waals surface area contributed by atoms with E-state index in [9.17, 15) is 8.42 Å². The lowest BCUT2D eigenvalue weighted by atomic mass is 10.1. The molecule has 0 aliphatic heterocycles. The van der Waals surface area contributed by atoms with Gasteiger partial charge in [0.2, 0.25) is 0 Å². The van der Waals surface area contributed by atoms with Crippen LogP contribution in [0, 0.1) is 13.8 Å². The third-order valence-corrected chi connectivity index (χ3v) is 7.64.